The molecule has 0 aromatic heterocycles. The number of hydrogen-bond acceptors (Lipinski definition) is 3. The van der Waals surface area contributed by atoms with Crippen LogP contribution in [0.3, 0.4) is 0 Å². The SMILES string of the molecule is CCCNCc1cc(Br)ccc1N1CCCC1C(N)=O. The molecule has 3 N–H and O–H groups in total. The number of rotatable bonds is 6. The van der Waals surface area contributed by atoms with Gasteiger partial charge in [0.25, 0.3) is 0 Å². The third-order valence-electron chi connectivity index (χ3n) is 3.67. The first-order chi connectivity index (χ1) is 9.63. The van der Waals surface area contributed by atoms with Crippen molar-refractivity contribution in [1.29, 1.82) is 0 Å². The first-order valence-electron chi connectivity index (χ1n) is 7.18. The Morgan fingerprint density at radius 2 is 2.35 bits per heavy atom. The van der Waals surface area contributed by atoms with E-state index in [-0.39, 0.29) is 11.9 Å². The van der Waals surface area contributed by atoms with Crippen LogP contribution in [0.5, 0.6) is 0 Å². The number of benzene rings is 1. The van der Waals surface area contributed by atoms with Crippen molar-refractivity contribution in [1.82, 2.24) is 5.32 Å². The molecule has 1 heterocycles. The summed E-state index contributed by atoms with van der Waals surface area (Å²) in [6.45, 7) is 4.85. The molecule has 1 aliphatic heterocycles. The summed E-state index contributed by atoms with van der Waals surface area (Å²) >= 11 is 3.52. The van der Waals surface area contributed by atoms with Crippen LogP contribution in [0.15, 0.2) is 22.7 Å². The number of carbonyl (C=O) groups excluding carboxylic acids is 1. The average molecular weight is 340 g/mol. The molecule has 0 bridgehead atoms. The number of carbonyl (C=O) groups is 1. The number of nitrogens with two attached hydrogens (primary N) is 1. The lowest BCUT2D eigenvalue weighted by molar-refractivity contribution is -0.119. The van der Waals surface area contributed by atoms with Gasteiger partial charge in [-0.25, -0.2) is 0 Å². The minimum atomic E-state index is -0.224. The van der Waals surface area contributed by atoms with E-state index in [9.17, 15) is 4.79 Å². The standard InChI is InChI=1S/C15H22BrN3O/c1-2-7-18-10-11-9-12(16)5-6-13(11)19-8-3-4-14(19)15(17)20/h5-6,9,14,18H,2-4,7-8,10H2,1H3,(H2,17,20). The van der Waals surface area contributed by atoms with E-state index in [1.807, 2.05) is 6.07 Å². The van der Waals surface area contributed by atoms with Gasteiger partial charge in [-0.3, -0.25) is 4.79 Å². The first-order valence-corrected chi connectivity index (χ1v) is 7.98. The van der Waals surface area contributed by atoms with Gasteiger partial charge in [0.05, 0.1) is 0 Å². The van der Waals surface area contributed by atoms with Crippen LogP contribution in [-0.4, -0.2) is 25.0 Å². The fourth-order valence-electron chi connectivity index (χ4n) is 2.73. The largest absolute Gasteiger partial charge is 0.368 e. The zero-order valence-electron chi connectivity index (χ0n) is 11.9. The highest BCUT2D eigenvalue weighted by Gasteiger charge is 2.30. The summed E-state index contributed by atoms with van der Waals surface area (Å²) < 4.78 is 1.06. The van der Waals surface area contributed by atoms with Gasteiger partial charge in [0.2, 0.25) is 5.91 Å². The fourth-order valence-corrected chi connectivity index (χ4v) is 3.14. The van der Waals surface area contributed by atoms with Gasteiger partial charge in [0.15, 0.2) is 0 Å². The van der Waals surface area contributed by atoms with Crippen molar-refractivity contribution in [2.24, 2.45) is 5.73 Å². The molecule has 0 spiro atoms. The lowest BCUT2D eigenvalue weighted by Crippen LogP contribution is -2.41. The van der Waals surface area contributed by atoms with E-state index in [1.165, 1.54) is 5.56 Å². The van der Waals surface area contributed by atoms with Gasteiger partial charge < -0.3 is 16.0 Å². The third kappa shape index (κ3) is 3.52. The smallest absolute Gasteiger partial charge is 0.240 e. The maximum absolute atomic E-state index is 11.6. The number of amides is 1. The van der Waals surface area contributed by atoms with Crippen LogP contribution >= 0.6 is 15.9 Å². The van der Waals surface area contributed by atoms with Gasteiger partial charge in [-0.1, -0.05) is 22.9 Å². The van der Waals surface area contributed by atoms with Gasteiger partial charge in [0.1, 0.15) is 6.04 Å². The highest BCUT2D eigenvalue weighted by atomic mass is 79.9. The van der Waals surface area contributed by atoms with Gasteiger partial charge in [-0.05, 0) is 49.6 Å². The second kappa shape index (κ2) is 7.09. The fraction of sp³-hybridized carbons (Fsp3) is 0.533. The molecule has 20 heavy (non-hydrogen) atoms. The molecule has 1 amide bonds. The molecule has 1 aromatic rings. The van der Waals surface area contributed by atoms with Crippen LogP contribution < -0.4 is 16.0 Å². The molecule has 0 aliphatic carbocycles. The number of nitrogens with one attached hydrogen (secondary N) is 1. The summed E-state index contributed by atoms with van der Waals surface area (Å²) in [6, 6.07) is 6.05. The van der Waals surface area contributed by atoms with Crippen molar-refractivity contribution in [2.75, 3.05) is 18.0 Å². The summed E-state index contributed by atoms with van der Waals surface area (Å²) in [7, 11) is 0. The van der Waals surface area contributed by atoms with Crippen LogP contribution in [0, 0.1) is 0 Å². The van der Waals surface area contributed by atoms with Gasteiger partial charge in [-0.2, -0.15) is 0 Å². The molecule has 5 heteroatoms. The number of anilines is 1. The summed E-state index contributed by atoms with van der Waals surface area (Å²) in [6.07, 6.45) is 2.98. The van der Waals surface area contributed by atoms with E-state index in [1.54, 1.807) is 0 Å². The summed E-state index contributed by atoms with van der Waals surface area (Å²) in [5.41, 5.74) is 7.85. The van der Waals surface area contributed by atoms with Gasteiger partial charge in [-0.15, -0.1) is 0 Å². The molecule has 1 aromatic carbocycles. The molecule has 0 saturated carbocycles. The van der Waals surface area contributed by atoms with E-state index >= 15 is 0 Å². The lowest BCUT2D eigenvalue weighted by atomic mass is 10.1. The molecule has 4 nitrogen and oxygen atoms in total. The number of nitrogens with zero attached hydrogens (tertiary/aromatic N) is 1. The third-order valence-corrected chi connectivity index (χ3v) is 4.17. The normalized spacial score (nSPS) is 18.5. The lowest BCUT2D eigenvalue weighted by Gasteiger charge is -2.27. The maximum Gasteiger partial charge on any atom is 0.240 e. The van der Waals surface area contributed by atoms with Crippen LogP contribution in [-0.2, 0) is 11.3 Å². The summed E-state index contributed by atoms with van der Waals surface area (Å²) in [5.74, 6) is -0.224. The van der Waals surface area contributed by atoms with Crippen LogP contribution in [0.25, 0.3) is 0 Å². The minimum Gasteiger partial charge on any atom is -0.368 e. The van der Waals surface area contributed by atoms with Crippen molar-refractivity contribution in [3.8, 4) is 0 Å². The van der Waals surface area contributed by atoms with E-state index < -0.39 is 0 Å². The predicted molar refractivity (Wildman–Crippen MR) is 85.7 cm³/mol. The zero-order chi connectivity index (χ0) is 14.5. The molecule has 0 radical (unpaired) electrons. The summed E-state index contributed by atoms with van der Waals surface area (Å²) in [5, 5.41) is 3.42. The summed E-state index contributed by atoms with van der Waals surface area (Å²) in [4.78, 5) is 13.7. The number of halogens is 1. The molecule has 1 unspecified atom stereocenters. The predicted octanol–water partition coefficient (Wildman–Crippen LogP) is 2.40. The van der Waals surface area contributed by atoms with Crippen LogP contribution in [0.1, 0.15) is 31.7 Å². The highest BCUT2D eigenvalue weighted by molar-refractivity contribution is 9.10. The zero-order valence-corrected chi connectivity index (χ0v) is 13.4. The van der Waals surface area contributed by atoms with Crippen molar-refractivity contribution >= 4 is 27.5 Å². The van der Waals surface area contributed by atoms with Gasteiger partial charge in [0, 0.05) is 23.2 Å². The molecule has 110 valence electrons. The molecular weight excluding hydrogens is 318 g/mol. The molecule has 1 atom stereocenters. The Bertz CT molecular complexity index is 478. The maximum atomic E-state index is 11.6. The molecule has 2 rings (SSSR count). The minimum absolute atomic E-state index is 0.166. The Kier molecular flexibility index (Phi) is 5.43. The molecule has 1 saturated heterocycles. The van der Waals surface area contributed by atoms with E-state index in [4.69, 9.17) is 5.73 Å². The van der Waals surface area contributed by atoms with E-state index in [2.05, 4.69) is 45.2 Å². The molecular formula is C15H22BrN3O. The Morgan fingerprint density at radius 3 is 3.05 bits per heavy atom. The van der Waals surface area contributed by atoms with Crippen molar-refractivity contribution < 1.29 is 4.79 Å². The van der Waals surface area contributed by atoms with Crippen LogP contribution in [0.2, 0.25) is 0 Å². The number of primary amides is 1. The highest BCUT2D eigenvalue weighted by Crippen LogP contribution is 2.30. The molecule has 1 aliphatic rings. The monoisotopic (exact) mass is 339 g/mol. The van der Waals surface area contributed by atoms with Crippen molar-refractivity contribution in [3.63, 3.8) is 0 Å². The Labute approximate surface area is 128 Å². The second-order valence-electron chi connectivity index (χ2n) is 5.20. The van der Waals surface area contributed by atoms with Crippen LogP contribution in [0.4, 0.5) is 5.69 Å². The van der Waals surface area contributed by atoms with E-state index in [0.717, 1.165) is 49.1 Å². The Hall–Kier alpha value is -1.07. The van der Waals surface area contributed by atoms with Crippen molar-refractivity contribution in [2.45, 2.75) is 38.8 Å². The van der Waals surface area contributed by atoms with Crippen molar-refractivity contribution in [3.05, 3.63) is 28.2 Å². The Balaban J connectivity index is 2.23. The average Bonchev–Trinajstić information content (AvgIpc) is 2.88. The molecule has 1 fully saturated rings. The Morgan fingerprint density at radius 1 is 1.55 bits per heavy atom. The topological polar surface area (TPSA) is 58.4 Å². The van der Waals surface area contributed by atoms with Gasteiger partial charge >= 0.3 is 0 Å². The second-order valence-corrected chi connectivity index (χ2v) is 6.12. The number of hydrogen-bond donors (Lipinski definition) is 2. The quantitative estimate of drug-likeness (QED) is 0.782. The van der Waals surface area contributed by atoms with E-state index in [0.29, 0.717) is 0 Å². The first kappa shape index (κ1) is 15.3.